The monoisotopic (exact) mass is 538 g/mol. The van der Waals surface area contributed by atoms with Crippen molar-refractivity contribution in [2.45, 2.75) is 50.8 Å². The van der Waals surface area contributed by atoms with Crippen LogP contribution in [0.2, 0.25) is 0 Å². The third-order valence-corrected chi connectivity index (χ3v) is 6.51. The van der Waals surface area contributed by atoms with Crippen LogP contribution >= 0.6 is 0 Å². The molecule has 1 aromatic heterocycles. The minimum atomic E-state index is -1.68. The molecule has 1 aliphatic rings. The zero-order valence-corrected chi connectivity index (χ0v) is 21.7. The highest BCUT2D eigenvalue weighted by molar-refractivity contribution is 5.88. The van der Waals surface area contributed by atoms with Crippen LogP contribution in [0.1, 0.15) is 35.5 Å². The summed E-state index contributed by atoms with van der Waals surface area (Å²) in [6.07, 6.45) is -4.80. The molecule has 0 radical (unpaired) electrons. The minimum absolute atomic E-state index is 0.0155. The Bertz CT molecular complexity index is 1440. The number of ether oxygens (including phenoxy) is 3. The summed E-state index contributed by atoms with van der Waals surface area (Å²) in [5.41, 5.74) is 0.973. The van der Waals surface area contributed by atoms with Gasteiger partial charge in [-0.2, -0.15) is 0 Å². The zero-order chi connectivity index (χ0) is 28.3. The number of esters is 1. The van der Waals surface area contributed by atoms with E-state index in [1.165, 1.54) is 32.3 Å². The van der Waals surface area contributed by atoms with E-state index in [2.05, 4.69) is 0 Å². The molecule has 0 unspecified atom stereocenters. The Balaban J connectivity index is 1.85. The smallest absolute Gasteiger partial charge is 0.331 e. The second kappa shape index (κ2) is 11.9. The Kier molecular flexibility index (Phi) is 8.61. The number of hydrogen-bond donors (Lipinski definition) is 3. The van der Waals surface area contributed by atoms with Gasteiger partial charge in [-0.3, -0.25) is 9.59 Å². The van der Waals surface area contributed by atoms with Gasteiger partial charge in [-0.1, -0.05) is 30.3 Å². The van der Waals surface area contributed by atoms with Gasteiger partial charge >= 0.3 is 5.97 Å². The molecule has 0 bridgehead atoms. The summed E-state index contributed by atoms with van der Waals surface area (Å²) in [4.78, 5) is 37.7. The number of aliphatic hydroxyl groups excluding tert-OH is 3. The fourth-order valence-corrected chi connectivity index (χ4v) is 4.69. The molecule has 2 heterocycles. The fraction of sp³-hybridized carbons (Fsp3) is 0.345. The molecule has 0 spiro atoms. The predicted octanol–water partition coefficient (Wildman–Crippen LogP) is 2.02. The SMILES string of the molecule is COc1cc(C)c2c(=O)cc(CC(C)=O)oc2c1[C@@H]1O[C@H](CO)[C@@H](O)[C@H](O)[C@H]1OC(=O)/C=C/c1ccccc1. The lowest BCUT2D eigenvalue weighted by Gasteiger charge is -2.42. The van der Waals surface area contributed by atoms with Crippen LogP contribution in [0.4, 0.5) is 0 Å². The van der Waals surface area contributed by atoms with Gasteiger partial charge in [0.25, 0.3) is 0 Å². The van der Waals surface area contributed by atoms with E-state index in [4.69, 9.17) is 18.6 Å². The van der Waals surface area contributed by atoms with Crippen LogP contribution in [-0.4, -0.2) is 65.2 Å². The van der Waals surface area contributed by atoms with Crippen molar-refractivity contribution in [3.05, 3.63) is 81.2 Å². The molecule has 10 heteroatoms. The first-order chi connectivity index (χ1) is 18.6. The lowest BCUT2D eigenvalue weighted by Crippen LogP contribution is -2.56. The zero-order valence-electron chi connectivity index (χ0n) is 21.7. The van der Waals surface area contributed by atoms with Crippen LogP contribution in [0.5, 0.6) is 5.75 Å². The van der Waals surface area contributed by atoms with Crippen LogP contribution in [0.3, 0.4) is 0 Å². The van der Waals surface area contributed by atoms with Gasteiger partial charge in [-0.05, 0) is 37.1 Å². The van der Waals surface area contributed by atoms with Crippen LogP contribution in [0, 0.1) is 6.92 Å². The van der Waals surface area contributed by atoms with E-state index in [0.717, 1.165) is 5.56 Å². The first-order valence-corrected chi connectivity index (χ1v) is 12.3. The van der Waals surface area contributed by atoms with Gasteiger partial charge in [0.1, 0.15) is 47.3 Å². The molecule has 3 aromatic rings. The van der Waals surface area contributed by atoms with Crippen LogP contribution in [0.25, 0.3) is 17.0 Å². The average molecular weight is 539 g/mol. The molecular weight excluding hydrogens is 508 g/mol. The summed E-state index contributed by atoms with van der Waals surface area (Å²) >= 11 is 0. The van der Waals surface area contributed by atoms with Crippen molar-refractivity contribution < 1.29 is 43.5 Å². The van der Waals surface area contributed by atoms with Crippen molar-refractivity contribution in [2.75, 3.05) is 13.7 Å². The molecule has 206 valence electrons. The second-order valence-electron chi connectivity index (χ2n) is 9.37. The highest BCUT2D eigenvalue weighted by Gasteiger charge is 2.49. The molecule has 0 saturated carbocycles. The van der Waals surface area contributed by atoms with Crippen molar-refractivity contribution in [1.29, 1.82) is 0 Å². The molecule has 39 heavy (non-hydrogen) atoms. The molecule has 0 aliphatic carbocycles. The van der Waals surface area contributed by atoms with E-state index >= 15 is 0 Å². The highest BCUT2D eigenvalue weighted by Crippen LogP contribution is 2.43. The maximum absolute atomic E-state index is 13.1. The number of aryl methyl sites for hydroxylation is 1. The number of fused-ring (bicyclic) bond motifs is 1. The van der Waals surface area contributed by atoms with Crippen LogP contribution < -0.4 is 10.2 Å². The molecule has 1 saturated heterocycles. The normalized spacial score (nSPS) is 23.2. The summed E-state index contributed by atoms with van der Waals surface area (Å²) in [7, 11) is 1.38. The number of Topliss-reactive ketones (excluding diaryl/α,β-unsaturated/α-hetero) is 1. The quantitative estimate of drug-likeness (QED) is 0.287. The topological polar surface area (TPSA) is 153 Å². The summed E-state index contributed by atoms with van der Waals surface area (Å²) in [6, 6.07) is 11.8. The number of hydrogen-bond acceptors (Lipinski definition) is 10. The summed E-state index contributed by atoms with van der Waals surface area (Å²) in [6.45, 7) is 2.38. The van der Waals surface area contributed by atoms with Gasteiger partial charge in [0, 0.05) is 12.1 Å². The largest absolute Gasteiger partial charge is 0.496 e. The minimum Gasteiger partial charge on any atom is -0.496 e. The van der Waals surface area contributed by atoms with Crippen LogP contribution in [0.15, 0.2) is 57.8 Å². The standard InChI is InChI=1S/C29H30O10/c1-15-11-20(36-3)24(27-23(15)19(32)13-18(37-27)12-16(2)31)28-29(26(35)25(34)21(14-30)38-28)39-22(33)10-9-17-7-5-4-6-8-17/h4-11,13,21,25-26,28-30,34-35H,12,14H2,1-3H3/b10-9+/t21-,25-,26+,28+,29-/m1/s1. The van der Waals surface area contributed by atoms with Gasteiger partial charge in [-0.25, -0.2) is 4.79 Å². The summed E-state index contributed by atoms with van der Waals surface area (Å²) in [5.74, 6) is -0.777. The number of rotatable bonds is 8. The van der Waals surface area contributed by atoms with Gasteiger partial charge in [0.2, 0.25) is 0 Å². The Hall–Kier alpha value is -3.83. The van der Waals surface area contributed by atoms with Crippen molar-refractivity contribution in [3.63, 3.8) is 0 Å². The molecule has 5 atom stereocenters. The Morgan fingerprint density at radius 1 is 1.10 bits per heavy atom. The molecule has 0 amide bonds. The van der Waals surface area contributed by atoms with E-state index in [9.17, 15) is 29.7 Å². The van der Waals surface area contributed by atoms with Crippen molar-refractivity contribution in [3.8, 4) is 5.75 Å². The molecule has 1 aliphatic heterocycles. The third kappa shape index (κ3) is 5.94. The third-order valence-electron chi connectivity index (χ3n) is 6.51. The number of carbonyl (C=O) groups is 2. The van der Waals surface area contributed by atoms with Gasteiger partial charge in [0.15, 0.2) is 11.5 Å². The lowest BCUT2D eigenvalue weighted by molar-refractivity contribution is -0.239. The number of carbonyl (C=O) groups excluding carboxylic acids is 2. The van der Waals surface area contributed by atoms with Crippen LogP contribution in [-0.2, 0) is 25.5 Å². The fourth-order valence-electron chi connectivity index (χ4n) is 4.69. The number of benzene rings is 2. The van der Waals surface area contributed by atoms with Crippen molar-refractivity contribution in [1.82, 2.24) is 0 Å². The molecule has 4 rings (SSSR count). The van der Waals surface area contributed by atoms with E-state index in [-0.39, 0.29) is 40.2 Å². The van der Waals surface area contributed by atoms with E-state index < -0.39 is 48.5 Å². The highest BCUT2D eigenvalue weighted by atomic mass is 16.6. The average Bonchev–Trinajstić information content (AvgIpc) is 2.90. The molecule has 3 N–H and O–H groups in total. The van der Waals surface area contributed by atoms with Gasteiger partial charge in [0.05, 0.1) is 31.1 Å². The maximum Gasteiger partial charge on any atom is 0.331 e. The molecule has 10 nitrogen and oxygen atoms in total. The van der Waals surface area contributed by atoms with E-state index in [1.807, 2.05) is 6.07 Å². The van der Waals surface area contributed by atoms with Crippen molar-refractivity contribution >= 4 is 28.8 Å². The lowest BCUT2D eigenvalue weighted by atomic mass is 9.89. The Labute approximate surface area is 224 Å². The predicted molar refractivity (Wildman–Crippen MR) is 140 cm³/mol. The first kappa shape index (κ1) is 28.2. The maximum atomic E-state index is 13.1. The molecular formula is C29H30O10. The Morgan fingerprint density at radius 2 is 1.82 bits per heavy atom. The number of aliphatic hydroxyl groups is 3. The number of methoxy groups -OCH3 is 1. The summed E-state index contributed by atoms with van der Waals surface area (Å²) in [5, 5.41) is 31.6. The van der Waals surface area contributed by atoms with Crippen molar-refractivity contribution in [2.24, 2.45) is 0 Å². The van der Waals surface area contributed by atoms with Gasteiger partial charge < -0.3 is 33.9 Å². The van der Waals surface area contributed by atoms with Gasteiger partial charge in [-0.15, -0.1) is 0 Å². The summed E-state index contributed by atoms with van der Waals surface area (Å²) < 4.78 is 23.1. The second-order valence-corrected chi connectivity index (χ2v) is 9.37. The Morgan fingerprint density at radius 3 is 2.46 bits per heavy atom. The van der Waals surface area contributed by atoms with E-state index in [0.29, 0.717) is 5.56 Å². The number of ketones is 1. The molecule has 2 aromatic carbocycles. The molecule has 1 fully saturated rings. The van der Waals surface area contributed by atoms with E-state index in [1.54, 1.807) is 37.3 Å². The first-order valence-electron chi connectivity index (χ1n) is 12.3.